The highest BCUT2D eigenvalue weighted by Crippen LogP contribution is 2.29. The minimum atomic E-state index is -0.597. The fourth-order valence-electron chi connectivity index (χ4n) is 1.49. The van der Waals surface area contributed by atoms with E-state index < -0.39 is 11.7 Å². The van der Waals surface area contributed by atoms with Crippen molar-refractivity contribution in [3.63, 3.8) is 0 Å². The molecule has 1 aromatic carbocycles. The average molecular weight is 282 g/mol. The number of hydrogen-bond donors (Lipinski definition) is 0. The maximum atomic E-state index is 12.0. The number of nitrogens with zero attached hydrogens (tertiary/aromatic N) is 2. The number of ether oxygens (including phenoxy) is 1. The molecule has 0 atom stereocenters. The SMILES string of the molecule is Cc1ccc([N+]([O-])=S)c(N(C)C(=O)OC(C)(C)C)c1. The van der Waals surface area contributed by atoms with Gasteiger partial charge in [0.05, 0.1) is 0 Å². The molecular weight excluding hydrogens is 264 g/mol. The van der Waals surface area contributed by atoms with Crippen LogP contribution in [-0.4, -0.2) is 22.9 Å². The van der Waals surface area contributed by atoms with Gasteiger partial charge in [-0.15, -0.1) is 0 Å². The summed E-state index contributed by atoms with van der Waals surface area (Å²) in [6, 6.07) is 5.07. The molecule has 0 aliphatic rings. The van der Waals surface area contributed by atoms with Gasteiger partial charge in [0.2, 0.25) is 0 Å². The Kier molecular flexibility index (Phi) is 4.47. The zero-order chi connectivity index (χ0) is 14.8. The van der Waals surface area contributed by atoms with Crippen molar-refractivity contribution in [3.05, 3.63) is 29.0 Å². The third-order valence-corrected chi connectivity index (χ3v) is 2.55. The van der Waals surface area contributed by atoms with E-state index in [1.165, 1.54) is 4.90 Å². The van der Waals surface area contributed by atoms with E-state index in [0.29, 0.717) is 9.80 Å². The largest absolute Gasteiger partial charge is 0.605 e. The molecule has 19 heavy (non-hydrogen) atoms. The van der Waals surface area contributed by atoms with E-state index in [1.807, 2.05) is 6.92 Å². The van der Waals surface area contributed by atoms with Crippen LogP contribution in [0, 0.1) is 12.1 Å². The van der Waals surface area contributed by atoms with Crippen LogP contribution in [0.3, 0.4) is 0 Å². The Labute approximate surface area is 118 Å². The second-order valence-electron chi connectivity index (χ2n) is 5.29. The molecular formula is C13H18N2O3S. The molecule has 104 valence electrons. The van der Waals surface area contributed by atoms with E-state index in [-0.39, 0.29) is 5.69 Å². The van der Waals surface area contributed by atoms with Gasteiger partial charge in [-0.25, -0.2) is 4.79 Å². The van der Waals surface area contributed by atoms with Gasteiger partial charge < -0.3 is 9.94 Å². The predicted octanol–water partition coefficient (Wildman–Crippen LogP) is 3.24. The van der Waals surface area contributed by atoms with Gasteiger partial charge >= 0.3 is 6.09 Å². The van der Waals surface area contributed by atoms with E-state index >= 15 is 0 Å². The zero-order valence-electron chi connectivity index (χ0n) is 11.8. The first-order valence-corrected chi connectivity index (χ1v) is 6.20. The van der Waals surface area contributed by atoms with Crippen molar-refractivity contribution in [3.8, 4) is 0 Å². The number of carbonyl (C=O) groups excluding carboxylic acids is 1. The lowest BCUT2D eigenvalue weighted by atomic mass is 10.2. The summed E-state index contributed by atoms with van der Waals surface area (Å²) in [6.45, 7) is 7.21. The van der Waals surface area contributed by atoms with E-state index in [0.717, 1.165) is 5.56 Å². The number of benzene rings is 1. The lowest BCUT2D eigenvalue weighted by Gasteiger charge is -2.25. The molecule has 5 nitrogen and oxygen atoms in total. The summed E-state index contributed by atoms with van der Waals surface area (Å²) in [7, 11) is 1.55. The van der Waals surface area contributed by atoms with Gasteiger partial charge in [0.15, 0.2) is 0 Å². The molecule has 0 aliphatic heterocycles. The first-order chi connectivity index (χ1) is 8.61. The van der Waals surface area contributed by atoms with Gasteiger partial charge in [0.1, 0.15) is 11.3 Å². The van der Waals surface area contributed by atoms with Crippen molar-refractivity contribution in [2.45, 2.75) is 33.3 Å². The van der Waals surface area contributed by atoms with Crippen molar-refractivity contribution >= 4 is 29.9 Å². The highest BCUT2D eigenvalue weighted by molar-refractivity contribution is 7.44. The van der Waals surface area contributed by atoms with Gasteiger partial charge in [-0.05, 0) is 39.3 Å². The van der Waals surface area contributed by atoms with Crippen LogP contribution < -0.4 is 4.90 Å². The summed E-state index contributed by atoms with van der Waals surface area (Å²) in [5, 5.41) is 11.3. The Morgan fingerprint density at radius 3 is 2.47 bits per heavy atom. The lowest BCUT2D eigenvalue weighted by molar-refractivity contribution is -0.324. The monoisotopic (exact) mass is 282 g/mol. The third kappa shape index (κ3) is 4.17. The predicted molar refractivity (Wildman–Crippen MR) is 76.5 cm³/mol. The molecule has 0 N–H and O–H groups in total. The summed E-state index contributed by atoms with van der Waals surface area (Å²) in [5.41, 5.74) is 1.000. The van der Waals surface area contributed by atoms with Crippen molar-refractivity contribution in [1.82, 2.24) is 0 Å². The average Bonchev–Trinajstić information content (AvgIpc) is 2.25. The van der Waals surface area contributed by atoms with Crippen LogP contribution in [0.15, 0.2) is 18.2 Å². The second kappa shape index (κ2) is 5.52. The van der Waals surface area contributed by atoms with Crippen LogP contribution in [0.5, 0.6) is 0 Å². The molecule has 0 spiro atoms. The Hall–Kier alpha value is -1.69. The fraction of sp³-hybridized carbons (Fsp3) is 0.462. The van der Waals surface area contributed by atoms with E-state index in [9.17, 15) is 10.0 Å². The minimum absolute atomic E-state index is 0.244. The van der Waals surface area contributed by atoms with E-state index in [1.54, 1.807) is 46.0 Å². The standard InChI is InChI=1S/C13H18N2O3S/c1-9-6-7-10(15(17)19)11(8-9)14(5)12(16)18-13(2,3)4/h6-8H,1-5H3. The number of carbonyl (C=O) groups is 1. The molecule has 1 aromatic rings. The first-order valence-electron chi connectivity index (χ1n) is 5.83. The van der Waals surface area contributed by atoms with Gasteiger partial charge in [0.25, 0.3) is 18.1 Å². The Bertz CT molecular complexity index is 509. The fourth-order valence-corrected chi connectivity index (χ4v) is 1.64. The molecule has 0 aromatic heterocycles. The second-order valence-corrected chi connectivity index (χ2v) is 5.62. The Morgan fingerprint density at radius 1 is 1.42 bits per heavy atom. The maximum Gasteiger partial charge on any atom is 0.414 e. The summed E-state index contributed by atoms with van der Waals surface area (Å²) in [5.74, 6) is 0. The van der Waals surface area contributed by atoms with Crippen molar-refractivity contribution in [2.75, 3.05) is 11.9 Å². The molecule has 0 unspecified atom stereocenters. The van der Waals surface area contributed by atoms with Crippen LogP contribution in [0.1, 0.15) is 26.3 Å². The molecule has 0 bridgehead atoms. The summed E-state index contributed by atoms with van der Waals surface area (Å²) in [6.07, 6.45) is -0.531. The van der Waals surface area contributed by atoms with Gasteiger partial charge in [0, 0.05) is 13.1 Å². The van der Waals surface area contributed by atoms with Crippen LogP contribution in [0.4, 0.5) is 16.2 Å². The maximum absolute atomic E-state index is 12.0. The zero-order valence-corrected chi connectivity index (χ0v) is 12.6. The lowest BCUT2D eigenvalue weighted by Crippen LogP contribution is -2.34. The third-order valence-electron chi connectivity index (χ3n) is 2.36. The highest BCUT2D eigenvalue weighted by Gasteiger charge is 2.24. The molecule has 0 heterocycles. The van der Waals surface area contributed by atoms with E-state index in [4.69, 9.17) is 4.74 Å². The summed E-state index contributed by atoms with van der Waals surface area (Å²) in [4.78, 5) is 13.3. The van der Waals surface area contributed by atoms with Crippen LogP contribution >= 0.6 is 0 Å². The molecule has 0 radical (unpaired) electrons. The number of aryl methyl sites for hydroxylation is 1. The number of anilines is 1. The number of amides is 1. The van der Waals surface area contributed by atoms with Gasteiger partial charge in [-0.1, -0.05) is 10.2 Å². The molecule has 0 aliphatic carbocycles. The molecule has 1 amide bonds. The minimum Gasteiger partial charge on any atom is -0.605 e. The number of hydrogen-bond acceptors (Lipinski definition) is 4. The summed E-state index contributed by atoms with van der Waals surface area (Å²) < 4.78 is 5.58. The molecule has 0 saturated heterocycles. The topological polar surface area (TPSA) is 55.6 Å². The smallest absolute Gasteiger partial charge is 0.414 e. The molecule has 0 saturated carbocycles. The first kappa shape index (κ1) is 15.4. The van der Waals surface area contributed by atoms with E-state index in [2.05, 4.69) is 12.4 Å². The Morgan fingerprint density at radius 2 is 2.00 bits per heavy atom. The van der Waals surface area contributed by atoms with Crippen molar-refractivity contribution < 1.29 is 13.6 Å². The molecule has 6 heteroatoms. The summed E-state index contributed by atoms with van der Waals surface area (Å²) >= 11 is 4.59. The quantitative estimate of drug-likeness (QED) is 0.617. The van der Waals surface area contributed by atoms with Gasteiger partial charge in [-0.2, -0.15) is 0 Å². The van der Waals surface area contributed by atoms with Crippen LogP contribution in [0.25, 0.3) is 0 Å². The highest BCUT2D eigenvalue weighted by atomic mass is 32.1. The molecule has 0 fully saturated rings. The van der Waals surface area contributed by atoms with Crippen LogP contribution in [-0.2, 0) is 17.2 Å². The number of rotatable bonds is 2. The van der Waals surface area contributed by atoms with Crippen molar-refractivity contribution in [1.29, 1.82) is 0 Å². The normalized spacial score (nSPS) is 11.0. The van der Waals surface area contributed by atoms with Gasteiger partial charge in [-0.3, -0.25) is 4.90 Å². The van der Waals surface area contributed by atoms with Crippen LogP contribution in [0.2, 0.25) is 0 Å². The Balaban J connectivity index is 3.11. The molecule has 1 rings (SSSR count). The van der Waals surface area contributed by atoms with Crippen molar-refractivity contribution in [2.24, 2.45) is 0 Å².